The minimum atomic E-state index is -4.58. The maximum Gasteiger partial charge on any atom is 0.416 e. The number of nitrogens with one attached hydrogen (secondary N) is 1. The van der Waals surface area contributed by atoms with Crippen molar-refractivity contribution in [2.45, 2.75) is 30.7 Å². The van der Waals surface area contributed by atoms with Crippen LogP contribution in [0.1, 0.15) is 18.1 Å². The first-order valence-electron chi connectivity index (χ1n) is 11.3. The van der Waals surface area contributed by atoms with Crippen LogP contribution in [0.5, 0.6) is 0 Å². The fourth-order valence-corrected chi connectivity index (χ4v) is 4.68. The number of thioether (sulfide) groups is 1. The molecule has 196 valence electrons. The van der Waals surface area contributed by atoms with Crippen LogP contribution in [-0.4, -0.2) is 38.0 Å². The highest BCUT2D eigenvalue weighted by Gasteiger charge is 2.31. The molecule has 0 saturated heterocycles. The second kappa shape index (κ2) is 11.1. The van der Waals surface area contributed by atoms with Gasteiger partial charge in [-0.15, -0.1) is 0 Å². The number of carbonyl (C=O) groups is 2. The largest absolute Gasteiger partial charge is 0.416 e. The van der Waals surface area contributed by atoms with E-state index in [9.17, 15) is 32.9 Å². The fraction of sp³-hybridized carbons (Fsp3) is 0.192. The van der Waals surface area contributed by atoms with Gasteiger partial charge in [0.25, 0.3) is 5.69 Å². The van der Waals surface area contributed by atoms with Gasteiger partial charge in [-0.25, -0.2) is 4.98 Å². The van der Waals surface area contributed by atoms with E-state index in [1.54, 1.807) is 0 Å². The van der Waals surface area contributed by atoms with Gasteiger partial charge in [0.15, 0.2) is 10.9 Å². The van der Waals surface area contributed by atoms with E-state index in [1.165, 1.54) is 41.8 Å². The summed E-state index contributed by atoms with van der Waals surface area (Å²) < 4.78 is 41.5. The number of halogens is 3. The predicted octanol–water partition coefficient (Wildman–Crippen LogP) is 5.36. The maximum absolute atomic E-state index is 13.4. The third-order valence-corrected chi connectivity index (χ3v) is 6.63. The molecule has 0 aliphatic carbocycles. The van der Waals surface area contributed by atoms with Gasteiger partial charge in [0, 0.05) is 17.8 Å². The molecule has 1 N–H and O–H groups in total. The van der Waals surface area contributed by atoms with E-state index < -0.39 is 28.6 Å². The van der Waals surface area contributed by atoms with E-state index >= 15 is 0 Å². The van der Waals surface area contributed by atoms with Crippen LogP contribution in [0.2, 0.25) is 0 Å². The summed E-state index contributed by atoms with van der Waals surface area (Å²) in [5.41, 5.74) is 0.412. The van der Waals surface area contributed by atoms with Crippen LogP contribution in [0.25, 0.3) is 16.7 Å². The molecular weight excluding hydrogens is 521 g/mol. The molecule has 8 nitrogen and oxygen atoms in total. The molecule has 0 saturated carbocycles. The standard InChI is InChI=1S/C26H21F3N4O4S/c1-16(34)21(12-17-6-3-2-4-7-17)30-24(35)15-38-25-31-22-14-20(33(36)37)10-11-23(22)32(25)19-9-5-8-18(13-19)26(27,28)29/h2-11,13-14,21H,12,15H2,1H3,(H,30,35). The van der Waals surface area contributed by atoms with Gasteiger partial charge in [0.2, 0.25) is 5.91 Å². The Kier molecular flexibility index (Phi) is 7.81. The molecule has 0 spiro atoms. The van der Waals surface area contributed by atoms with Gasteiger partial charge in [-0.3, -0.25) is 24.3 Å². The third-order valence-electron chi connectivity index (χ3n) is 5.69. The summed E-state index contributed by atoms with van der Waals surface area (Å²) in [4.78, 5) is 39.9. The van der Waals surface area contributed by atoms with Crippen molar-refractivity contribution < 1.29 is 27.7 Å². The van der Waals surface area contributed by atoms with Crippen LogP contribution in [0.15, 0.2) is 78.0 Å². The molecule has 12 heteroatoms. The van der Waals surface area contributed by atoms with Crippen molar-refractivity contribution in [1.82, 2.24) is 14.9 Å². The number of nitrogens with zero attached hydrogens (tertiary/aromatic N) is 3. The number of alkyl halides is 3. The first kappa shape index (κ1) is 26.9. The van der Waals surface area contributed by atoms with E-state index in [-0.39, 0.29) is 33.6 Å². The first-order valence-corrected chi connectivity index (χ1v) is 12.3. The van der Waals surface area contributed by atoms with Gasteiger partial charge >= 0.3 is 6.18 Å². The van der Waals surface area contributed by atoms with Crippen LogP contribution in [-0.2, 0) is 22.2 Å². The quantitative estimate of drug-likeness (QED) is 0.173. The summed E-state index contributed by atoms with van der Waals surface area (Å²) in [5.74, 6) is -0.890. The van der Waals surface area contributed by atoms with Gasteiger partial charge in [-0.2, -0.15) is 13.2 Å². The minimum Gasteiger partial charge on any atom is -0.345 e. The predicted molar refractivity (Wildman–Crippen MR) is 136 cm³/mol. The molecule has 1 amide bonds. The van der Waals surface area contributed by atoms with Crippen LogP contribution in [0, 0.1) is 10.1 Å². The topological polar surface area (TPSA) is 107 Å². The second-order valence-corrected chi connectivity index (χ2v) is 9.36. The number of carbonyl (C=O) groups excluding carboxylic acids is 2. The summed E-state index contributed by atoms with van der Waals surface area (Å²) in [7, 11) is 0. The SMILES string of the molecule is CC(=O)C(Cc1ccccc1)NC(=O)CSc1nc2cc([N+](=O)[O-])ccc2n1-c1cccc(C(F)(F)F)c1. The number of rotatable bonds is 9. The molecule has 1 atom stereocenters. The average Bonchev–Trinajstić information content (AvgIpc) is 3.25. The van der Waals surface area contributed by atoms with E-state index in [0.29, 0.717) is 11.9 Å². The number of imidazole rings is 1. The molecule has 1 heterocycles. The zero-order chi connectivity index (χ0) is 27.4. The van der Waals surface area contributed by atoms with E-state index in [2.05, 4.69) is 10.3 Å². The fourth-order valence-electron chi connectivity index (χ4n) is 3.84. The van der Waals surface area contributed by atoms with Crippen molar-refractivity contribution in [3.8, 4) is 5.69 Å². The number of hydrogen-bond acceptors (Lipinski definition) is 6. The number of amides is 1. The van der Waals surface area contributed by atoms with Gasteiger partial charge in [0.05, 0.1) is 33.3 Å². The first-order chi connectivity index (χ1) is 18.0. The molecule has 4 rings (SSSR count). The van der Waals surface area contributed by atoms with Crippen molar-refractivity contribution in [2.75, 3.05) is 5.75 Å². The zero-order valence-corrected chi connectivity index (χ0v) is 20.8. The summed E-state index contributed by atoms with van der Waals surface area (Å²) in [6.45, 7) is 1.38. The van der Waals surface area contributed by atoms with Gasteiger partial charge in [-0.1, -0.05) is 48.2 Å². The highest BCUT2D eigenvalue weighted by atomic mass is 32.2. The summed E-state index contributed by atoms with van der Waals surface area (Å²) in [5, 5.41) is 14.1. The number of non-ortho nitro benzene ring substituents is 1. The Hall–Kier alpha value is -4.19. The Labute approximate surface area is 219 Å². The lowest BCUT2D eigenvalue weighted by molar-refractivity contribution is -0.384. The normalized spacial score (nSPS) is 12.3. The van der Waals surface area contributed by atoms with Gasteiger partial charge < -0.3 is 5.32 Å². The van der Waals surface area contributed by atoms with Crippen molar-refractivity contribution in [3.05, 3.63) is 94.0 Å². The summed E-state index contributed by atoms with van der Waals surface area (Å²) in [6, 6.07) is 16.8. The highest BCUT2D eigenvalue weighted by molar-refractivity contribution is 7.99. The lowest BCUT2D eigenvalue weighted by Crippen LogP contribution is -2.42. The number of nitro benzene ring substituents is 1. The van der Waals surface area contributed by atoms with Crippen LogP contribution < -0.4 is 5.32 Å². The maximum atomic E-state index is 13.4. The molecule has 1 unspecified atom stereocenters. The van der Waals surface area contributed by atoms with Crippen LogP contribution in [0.4, 0.5) is 18.9 Å². The Morgan fingerprint density at radius 2 is 1.82 bits per heavy atom. The van der Waals surface area contributed by atoms with Crippen LogP contribution in [0.3, 0.4) is 0 Å². The molecule has 0 aliphatic heterocycles. The molecule has 38 heavy (non-hydrogen) atoms. The Morgan fingerprint density at radius 3 is 2.47 bits per heavy atom. The third kappa shape index (κ3) is 6.20. The Bertz CT molecular complexity index is 1510. The highest BCUT2D eigenvalue weighted by Crippen LogP contribution is 2.34. The molecule has 3 aromatic carbocycles. The molecule has 0 bridgehead atoms. The van der Waals surface area contributed by atoms with E-state index in [0.717, 1.165) is 29.5 Å². The minimum absolute atomic E-state index is 0.129. The number of aromatic nitrogens is 2. The Balaban J connectivity index is 1.63. The Morgan fingerprint density at radius 1 is 1.08 bits per heavy atom. The summed E-state index contributed by atoms with van der Waals surface area (Å²) in [6.07, 6.45) is -4.28. The second-order valence-electron chi connectivity index (χ2n) is 8.42. The number of benzene rings is 3. The lowest BCUT2D eigenvalue weighted by Gasteiger charge is -2.16. The molecular formula is C26H21F3N4O4S. The molecule has 4 aromatic rings. The molecule has 0 radical (unpaired) electrons. The van der Waals surface area contributed by atoms with Crippen molar-refractivity contribution in [3.63, 3.8) is 0 Å². The zero-order valence-electron chi connectivity index (χ0n) is 19.9. The van der Waals surface area contributed by atoms with Crippen molar-refractivity contribution in [2.24, 2.45) is 0 Å². The number of fused-ring (bicyclic) bond motifs is 1. The molecule has 1 aromatic heterocycles. The van der Waals surface area contributed by atoms with Gasteiger partial charge in [-0.05, 0) is 43.2 Å². The van der Waals surface area contributed by atoms with E-state index in [1.807, 2.05) is 30.3 Å². The summed E-state index contributed by atoms with van der Waals surface area (Å²) >= 11 is 0.941. The van der Waals surface area contributed by atoms with Crippen LogP contribution >= 0.6 is 11.8 Å². The molecule has 0 fully saturated rings. The number of hydrogen-bond donors (Lipinski definition) is 1. The smallest absolute Gasteiger partial charge is 0.345 e. The molecule has 0 aliphatic rings. The number of ketones is 1. The van der Waals surface area contributed by atoms with Gasteiger partial charge in [0.1, 0.15) is 0 Å². The monoisotopic (exact) mass is 542 g/mol. The number of Topliss-reactive ketones (excluding diaryl/α,β-unsaturated/α-hetero) is 1. The number of nitro groups is 1. The average molecular weight is 543 g/mol. The van der Waals surface area contributed by atoms with Crippen molar-refractivity contribution in [1.29, 1.82) is 0 Å². The van der Waals surface area contributed by atoms with Crippen molar-refractivity contribution >= 4 is 40.2 Å². The van der Waals surface area contributed by atoms with E-state index in [4.69, 9.17) is 0 Å². The lowest BCUT2D eigenvalue weighted by atomic mass is 10.0.